The second kappa shape index (κ2) is 7.73. The van der Waals surface area contributed by atoms with Gasteiger partial charge in [-0.1, -0.05) is 36.4 Å². The predicted octanol–water partition coefficient (Wildman–Crippen LogP) is 4.88. The van der Waals surface area contributed by atoms with Crippen molar-refractivity contribution < 1.29 is 9.15 Å². The number of fused-ring (bicyclic) bond motifs is 1. The van der Waals surface area contributed by atoms with Crippen LogP contribution in [0.3, 0.4) is 0 Å². The number of thiocarbonyl (C=S) groups is 1. The zero-order chi connectivity index (χ0) is 19.6. The molecule has 0 bridgehead atoms. The van der Waals surface area contributed by atoms with E-state index in [1.807, 2.05) is 77.7 Å². The van der Waals surface area contributed by atoms with Crippen molar-refractivity contribution in [2.45, 2.75) is 6.17 Å². The molecule has 0 aliphatic carbocycles. The number of hydrogen-bond donors (Lipinski definition) is 0. The standard InChI is InChI=1S/C21H16N4O2S2/c28-21-24(15-8-3-1-4-9-15)19(17-12-7-13-26-17)22-20-25(21)23-18(29-20)14-27-16-10-5-2-6-11-16/h1-13,19H,14H2. The first-order valence-corrected chi connectivity index (χ1v) is 10.2. The van der Waals surface area contributed by atoms with Crippen molar-refractivity contribution >= 4 is 45.0 Å². The summed E-state index contributed by atoms with van der Waals surface area (Å²) in [6.45, 7) is 0.351. The Hall–Kier alpha value is -3.10. The van der Waals surface area contributed by atoms with Gasteiger partial charge < -0.3 is 9.15 Å². The van der Waals surface area contributed by atoms with Gasteiger partial charge in [-0.3, -0.25) is 4.90 Å². The number of nitrogens with zero attached hydrogens (tertiary/aromatic N) is 4. The van der Waals surface area contributed by atoms with Crippen molar-refractivity contribution in [2.24, 2.45) is 10.1 Å². The van der Waals surface area contributed by atoms with Crippen molar-refractivity contribution in [1.82, 2.24) is 5.01 Å². The molecular formula is C21H16N4O2S2. The Balaban J connectivity index is 1.44. The fourth-order valence-corrected chi connectivity index (χ4v) is 4.30. The highest BCUT2D eigenvalue weighted by Gasteiger charge is 2.40. The van der Waals surface area contributed by atoms with Crippen LogP contribution < -0.4 is 9.64 Å². The number of benzene rings is 2. The van der Waals surface area contributed by atoms with Crippen LogP contribution in [-0.2, 0) is 0 Å². The van der Waals surface area contributed by atoms with Crippen LogP contribution in [0.15, 0.2) is 93.6 Å². The van der Waals surface area contributed by atoms with Gasteiger partial charge in [0.25, 0.3) is 0 Å². The molecule has 1 aromatic heterocycles. The maximum atomic E-state index is 5.83. The summed E-state index contributed by atoms with van der Waals surface area (Å²) in [5.41, 5.74) is 0.927. The van der Waals surface area contributed by atoms with Crippen LogP contribution in [0.2, 0.25) is 0 Å². The lowest BCUT2D eigenvalue weighted by molar-refractivity contribution is 0.377. The number of thioether (sulfide) groups is 1. The highest BCUT2D eigenvalue weighted by molar-refractivity contribution is 8.27. The van der Waals surface area contributed by atoms with E-state index in [0.29, 0.717) is 11.7 Å². The van der Waals surface area contributed by atoms with E-state index in [-0.39, 0.29) is 6.17 Å². The van der Waals surface area contributed by atoms with Crippen LogP contribution in [0.4, 0.5) is 5.69 Å². The van der Waals surface area contributed by atoms with E-state index in [1.54, 1.807) is 11.3 Å². The molecule has 0 fully saturated rings. The number of aliphatic imine (C=N–C) groups is 1. The van der Waals surface area contributed by atoms with E-state index in [1.165, 1.54) is 11.8 Å². The molecule has 0 radical (unpaired) electrons. The molecule has 0 N–H and O–H groups in total. The van der Waals surface area contributed by atoms with Crippen molar-refractivity contribution in [3.05, 3.63) is 84.8 Å². The zero-order valence-corrected chi connectivity index (χ0v) is 16.8. The van der Waals surface area contributed by atoms with Crippen LogP contribution in [-0.4, -0.2) is 26.9 Å². The molecule has 29 heavy (non-hydrogen) atoms. The Bertz CT molecular complexity index is 1070. The fourth-order valence-electron chi connectivity index (χ4n) is 3.09. The maximum absolute atomic E-state index is 5.83. The van der Waals surface area contributed by atoms with Gasteiger partial charge in [-0.15, -0.1) is 0 Å². The minimum absolute atomic E-state index is 0.351. The van der Waals surface area contributed by atoms with Crippen molar-refractivity contribution in [3.8, 4) is 5.75 Å². The monoisotopic (exact) mass is 420 g/mol. The summed E-state index contributed by atoms with van der Waals surface area (Å²) in [7, 11) is 0. The SMILES string of the molecule is S=C1N2N=C(COc3ccccc3)SC2=NC(c2ccco2)N1c1ccccc1. The fraction of sp³-hybridized carbons (Fsp3) is 0.0952. The smallest absolute Gasteiger partial charge is 0.205 e. The van der Waals surface area contributed by atoms with Gasteiger partial charge in [-0.2, -0.15) is 10.1 Å². The van der Waals surface area contributed by atoms with Crippen LogP contribution >= 0.6 is 24.0 Å². The quantitative estimate of drug-likeness (QED) is 0.549. The van der Waals surface area contributed by atoms with Gasteiger partial charge in [0.2, 0.25) is 5.11 Å². The van der Waals surface area contributed by atoms with Gasteiger partial charge in [0, 0.05) is 5.69 Å². The third kappa shape index (κ3) is 3.52. The van der Waals surface area contributed by atoms with Gasteiger partial charge in [0.1, 0.15) is 23.2 Å². The van der Waals surface area contributed by atoms with E-state index in [2.05, 4.69) is 5.10 Å². The van der Waals surface area contributed by atoms with Crippen LogP contribution in [0, 0.1) is 0 Å². The van der Waals surface area contributed by atoms with Crippen LogP contribution in [0.25, 0.3) is 0 Å². The molecule has 1 unspecified atom stereocenters. The highest BCUT2D eigenvalue weighted by atomic mass is 32.2. The summed E-state index contributed by atoms with van der Waals surface area (Å²) in [5.74, 6) is 1.52. The van der Waals surface area contributed by atoms with Gasteiger partial charge in [-0.25, -0.2) is 4.99 Å². The van der Waals surface area contributed by atoms with Crippen LogP contribution in [0.1, 0.15) is 11.9 Å². The number of para-hydroxylation sites is 2. The largest absolute Gasteiger partial charge is 0.487 e. The van der Waals surface area contributed by atoms with E-state index in [9.17, 15) is 0 Å². The Morgan fingerprint density at radius 2 is 1.76 bits per heavy atom. The molecule has 3 heterocycles. The third-order valence-corrected chi connectivity index (χ3v) is 5.67. The molecule has 8 heteroatoms. The first-order valence-electron chi connectivity index (χ1n) is 9.02. The molecule has 2 aromatic carbocycles. The van der Waals surface area contributed by atoms with Gasteiger partial charge in [0.05, 0.1) is 6.26 Å². The lowest BCUT2D eigenvalue weighted by Crippen LogP contribution is -2.47. The molecule has 0 amide bonds. The number of ether oxygens (including phenoxy) is 1. The summed E-state index contributed by atoms with van der Waals surface area (Å²) in [6, 6.07) is 23.3. The second-order valence-electron chi connectivity index (χ2n) is 6.30. The molecule has 0 saturated heterocycles. The highest BCUT2D eigenvalue weighted by Crippen LogP contribution is 2.37. The molecular weight excluding hydrogens is 404 g/mol. The van der Waals surface area contributed by atoms with E-state index >= 15 is 0 Å². The van der Waals surface area contributed by atoms with Crippen LogP contribution in [0.5, 0.6) is 5.75 Å². The van der Waals surface area contributed by atoms with Gasteiger partial charge in [-0.05, 0) is 60.4 Å². The number of hydrogen-bond acceptors (Lipinski definition) is 6. The van der Waals surface area contributed by atoms with Crippen molar-refractivity contribution in [3.63, 3.8) is 0 Å². The minimum Gasteiger partial charge on any atom is -0.487 e. The number of hydrazone groups is 1. The Labute approximate surface area is 177 Å². The molecule has 2 aliphatic heterocycles. The second-order valence-corrected chi connectivity index (χ2v) is 7.70. The third-order valence-electron chi connectivity index (χ3n) is 4.40. The summed E-state index contributed by atoms with van der Waals surface area (Å²) < 4.78 is 11.5. The average molecular weight is 421 g/mol. The summed E-state index contributed by atoms with van der Waals surface area (Å²) in [6.07, 6.45) is 1.26. The Morgan fingerprint density at radius 1 is 1.00 bits per heavy atom. The number of anilines is 1. The molecule has 2 aliphatic rings. The topological polar surface area (TPSA) is 53.6 Å². The normalized spacial score (nSPS) is 18.3. The number of furan rings is 1. The summed E-state index contributed by atoms with van der Waals surface area (Å²) in [4.78, 5) is 6.83. The molecule has 5 rings (SSSR count). The predicted molar refractivity (Wildman–Crippen MR) is 119 cm³/mol. The first-order chi connectivity index (χ1) is 14.3. The molecule has 6 nitrogen and oxygen atoms in total. The van der Waals surface area contributed by atoms with E-state index in [0.717, 1.165) is 27.4 Å². The molecule has 0 saturated carbocycles. The Morgan fingerprint density at radius 3 is 2.48 bits per heavy atom. The molecule has 0 spiro atoms. The van der Waals surface area contributed by atoms with Crippen molar-refractivity contribution in [2.75, 3.05) is 11.5 Å². The minimum atomic E-state index is -0.386. The number of amidine groups is 1. The number of rotatable bonds is 5. The zero-order valence-electron chi connectivity index (χ0n) is 15.2. The summed E-state index contributed by atoms with van der Waals surface area (Å²) in [5, 5.41) is 8.39. The average Bonchev–Trinajstić information content (AvgIpc) is 3.44. The van der Waals surface area contributed by atoms with E-state index in [4.69, 9.17) is 26.4 Å². The van der Waals surface area contributed by atoms with E-state index < -0.39 is 0 Å². The van der Waals surface area contributed by atoms with Gasteiger partial charge >= 0.3 is 0 Å². The van der Waals surface area contributed by atoms with Crippen molar-refractivity contribution in [1.29, 1.82) is 0 Å². The maximum Gasteiger partial charge on any atom is 0.205 e. The lowest BCUT2D eigenvalue weighted by Gasteiger charge is -2.36. The first kappa shape index (κ1) is 18.0. The molecule has 3 aromatic rings. The molecule has 1 atom stereocenters. The summed E-state index contributed by atoms with van der Waals surface area (Å²) >= 11 is 7.26. The lowest BCUT2D eigenvalue weighted by atomic mass is 10.2. The Kier molecular flexibility index (Phi) is 4.79. The molecule has 144 valence electrons. The van der Waals surface area contributed by atoms with Gasteiger partial charge in [0.15, 0.2) is 11.3 Å².